The molecule has 0 saturated carbocycles. The molecule has 1 heterocycles. The van der Waals surface area contributed by atoms with Crippen molar-refractivity contribution in [1.82, 2.24) is 0 Å². The SMILES string of the molecule is [C-]#[N+]c1c(N=Nc2ccc(N(CCOCCOCCOS(=O)(=O)O)CCOCCOS(=O)(=O)O)cc2C)sc(C#N)c1C. The number of anilines is 1. The Morgan fingerprint density at radius 1 is 0.907 bits per heavy atom. The topological polar surface area (TPSA) is 211 Å². The number of hydrogen-bond donors (Lipinski definition) is 2. The van der Waals surface area contributed by atoms with Gasteiger partial charge in [0.05, 0.1) is 70.0 Å². The summed E-state index contributed by atoms with van der Waals surface area (Å²) in [5.41, 5.74) is 3.02. The van der Waals surface area contributed by atoms with E-state index in [2.05, 4.69) is 29.5 Å². The summed E-state index contributed by atoms with van der Waals surface area (Å²) in [5, 5.41) is 18.1. The van der Waals surface area contributed by atoms with Crippen molar-refractivity contribution in [1.29, 1.82) is 5.26 Å². The van der Waals surface area contributed by atoms with E-state index >= 15 is 0 Å². The molecule has 19 heteroatoms. The predicted octanol–water partition coefficient (Wildman–Crippen LogP) is 3.70. The lowest BCUT2D eigenvalue weighted by Gasteiger charge is -2.25. The van der Waals surface area contributed by atoms with Crippen LogP contribution in [0.3, 0.4) is 0 Å². The zero-order valence-electron chi connectivity index (χ0n) is 23.3. The highest BCUT2D eigenvalue weighted by atomic mass is 32.3. The summed E-state index contributed by atoms with van der Waals surface area (Å²) in [6.45, 7) is 11.8. The quantitative estimate of drug-likeness (QED) is 0.0898. The highest BCUT2D eigenvalue weighted by Gasteiger charge is 2.15. The maximum absolute atomic E-state index is 10.7. The van der Waals surface area contributed by atoms with Crippen LogP contribution in [0, 0.1) is 31.8 Å². The molecule has 0 fully saturated rings. The molecule has 0 amide bonds. The molecule has 1 aromatic heterocycles. The molecular formula is C24H31N5O11S3. The number of azo groups is 1. The molecule has 0 bridgehead atoms. The summed E-state index contributed by atoms with van der Waals surface area (Å²) in [4.78, 5) is 5.84. The normalized spacial score (nSPS) is 12.0. The summed E-state index contributed by atoms with van der Waals surface area (Å²) in [6, 6.07) is 7.51. The molecule has 43 heavy (non-hydrogen) atoms. The molecule has 16 nitrogen and oxygen atoms in total. The first-order valence-corrected chi connectivity index (χ1v) is 16.0. The predicted molar refractivity (Wildman–Crippen MR) is 155 cm³/mol. The first kappa shape index (κ1) is 36.1. The molecule has 0 atom stereocenters. The van der Waals surface area contributed by atoms with Gasteiger partial charge in [0, 0.05) is 18.8 Å². The maximum atomic E-state index is 10.7. The first-order chi connectivity index (χ1) is 20.3. The van der Waals surface area contributed by atoms with E-state index in [0.29, 0.717) is 39.9 Å². The van der Waals surface area contributed by atoms with Crippen LogP contribution in [0.15, 0.2) is 28.4 Å². The average molecular weight is 662 g/mol. The first-order valence-electron chi connectivity index (χ1n) is 12.5. The van der Waals surface area contributed by atoms with Gasteiger partial charge < -0.3 is 19.1 Å². The van der Waals surface area contributed by atoms with Crippen molar-refractivity contribution in [2.45, 2.75) is 13.8 Å². The molecule has 2 N–H and O–H groups in total. The Kier molecular flexibility index (Phi) is 15.0. The zero-order valence-corrected chi connectivity index (χ0v) is 25.8. The van der Waals surface area contributed by atoms with Crippen molar-refractivity contribution >= 4 is 54.2 Å². The van der Waals surface area contributed by atoms with E-state index in [-0.39, 0.29) is 52.9 Å². The number of benzene rings is 1. The van der Waals surface area contributed by atoms with Crippen molar-refractivity contribution in [2.75, 3.05) is 70.8 Å². The van der Waals surface area contributed by atoms with Crippen molar-refractivity contribution in [3.8, 4) is 6.07 Å². The molecule has 0 aliphatic rings. The summed E-state index contributed by atoms with van der Waals surface area (Å²) in [6.07, 6.45) is 0. The minimum Gasteiger partial charge on any atom is -0.377 e. The number of hydrogen-bond acceptors (Lipinski definition) is 14. The molecule has 0 spiro atoms. The lowest BCUT2D eigenvalue weighted by molar-refractivity contribution is 0.0374. The molecule has 0 radical (unpaired) electrons. The van der Waals surface area contributed by atoms with Crippen LogP contribution in [0.25, 0.3) is 4.85 Å². The van der Waals surface area contributed by atoms with E-state index in [4.69, 9.17) is 29.9 Å². The van der Waals surface area contributed by atoms with Crippen molar-refractivity contribution in [3.05, 3.63) is 45.6 Å². The molecule has 2 rings (SSSR count). The van der Waals surface area contributed by atoms with Gasteiger partial charge in [0.15, 0.2) is 0 Å². The lowest BCUT2D eigenvalue weighted by atomic mass is 10.1. The highest BCUT2D eigenvalue weighted by Crippen LogP contribution is 2.42. The van der Waals surface area contributed by atoms with E-state index in [1.54, 1.807) is 13.0 Å². The van der Waals surface area contributed by atoms with E-state index in [1.807, 2.05) is 24.0 Å². The number of nitriles is 1. The fraction of sp³-hybridized carbons (Fsp3) is 0.500. The smallest absolute Gasteiger partial charge is 0.377 e. The molecule has 0 aliphatic carbocycles. The van der Waals surface area contributed by atoms with Gasteiger partial charge in [-0.25, -0.2) is 13.2 Å². The van der Waals surface area contributed by atoms with E-state index in [1.165, 1.54) is 0 Å². The molecule has 236 valence electrons. The van der Waals surface area contributed by atoms with Crippen LogP contribution in [0.5, 0.6) is 0 Å². The van der Waals surface area contributed by atoms with Crippen molar-refractivity contribution in [3.63, 3.8) is 0 Å². The Balaban J connectivity index is 2.00. The van der Waals surface area contributed by atoms with Gasteiger partial charge in [-0.15, -0.1) is 11.3 Å². The number of rotatable bonds is 20. The maximum Gasteiger partial charge on any atom is 0.397 e. The second-order valence-corrected chi connectivity index (χ2v) is 11.6. The highest BCUT2D eigenvalue weighted by molar-refractivity contribution is 7.81. The third-order valence-electron chi connectivity index (χ3n) is 5.41. The molecule has 0 saturated heterocycles. The van der Waals surface area contributed by atoms with Crippen LogP contribution >= 0.6 is 11.3 Å². The van der Waals surface area contributed by atoms with Gasteiger partial charge >= 0.3 is 20.8 Å². The molecule has 2 aromatic rings. The van der Waals surface area contributed by atoms with Crippen LogP contribution in [-0.4, -0.2) is 91.9 Å². The second-order valence-electron chi connectivity index (χ2n) is 8.43. The van der Waals surface area contributed by atoms with E-state index in [9.17, 15) is 22.1 Å². The van der Waals surface area contributed by atoms with Crippen molar-refractivity contribution < 1.29 is 48.5 Å². The monoisotopic (exact) mass is 661 g/mol. The van der Waals surface area contributed by atoms with Gasteiger partial charge in [0.2, 0.25) is 5.69 Å². The third-order valence-corrected chi connectivity index (χ3v) is 7.41. The molecule has 1 aromatic carbocycles. The minimum atomic E-state index is -4.55. The molecular weight excluding hydrogens is 630 g/mol. The van der Waals surface area contributed by atoms with Gasteiger partial charge in [0.1, 0.15) is 11.1 Å². The number of ether oxygens (including phenoxy) is 3. The van der Waals surface area contributed by atoms with Crippen LogP contribution in [0.4, 0.5) is 22.1 Å². The number of thiophene rings is 1. The van der Waals surface area contributed by atoms with Gasteiger partial charge in [-0.3, -0.25) is 9.11 Å². The number of aryl methyl sites for hydroxylation is 1. The van der Waals surface area contributed by atoms with Gasteiger partial charge in [-0.2, -0.15) is 32.3 Å². The Bertz CT molecular complexity index is 1530. The fourth-order valence-corrected chi connectivity index (χ4v) is 4.81. The lowest BCUT2D eigenvalue weighted by Crippen LogP contribution is -2.31. The Labute approximate surface area is 254 Å². The standard InChI is InChI=1S/C24H31N5O11S3/c1-18-16-20(4-5-21(18)27-28-24-23(26-3)19(2)22(17-25)41-24)29(7-9-37-12-14-39-42(30,31)32)6-8-36-10-11-38-13-15-40-43(33,34)35/h4-5,16H,6-15H2,1-2H3,(H,30,31,32)(H,33,34,35). The largest absolute Gasteiger partial charge is 0.397 e. The summed E-state index contributed by atoms with van der Waals surface area (Å²) >= 11 is 1.10. The Morgan fingerprint density at radius 3 is 1.93 bits per heavy atom. The fourth-order valence-electron chi connectivity index (χ4n) is 3.38. The average Bonchev–Trinajstić information content (AvgIpc) is 3.24. The minimum absolute atomic E-state index is 0.0539. The van der Waals surface area contributed by atoms with Gasteiger partial charge in [-0.05, 0) is 43.2 Å². The van der Waals surface area contributed by atoms with Crippen LogP contribution in [0.2, 0.25) is 0 Å². The summed E-state index contributed by atoms with van der Waals surface area (Å²) < 4.78 is 84.0. The second kappa shape index (κ2) is 17.9. The Hall–Kier alpha value is -3.08. The molecule has 0 unspecified atom stereocenters. The third kappa shape index (κ3) is 13.8. The number of nitrogens with zero attached hydrogens (tertiary/aromatic N) is 5. The van der Waals surface area contributed by atoms with Crippen LogP contribution < -0.4 is 4.90 Å². The van der Waals surface area contributed by atoms with Gasteiger partial charge in [-0.1, -0.05) is 0 Å². The van der Waals surface area contributed by atoms with Crippen LogP contribution in [0.1, 0.15) is 16.0 Å². The zero-order chi connectivity index (χ0) is 31.9. The molecule has 0 aliphatic heterocycles. The Morgan fingerprint density at radius 2 is 1.44 bits per heavy atom. The van der Waals surface area contributed by atoms with E-state index in [0.717, 1.165) is 22.6 Å². The van der Waals surface area contributed by atoms with Crippen LogP contribution in [-0.2, 0) is 43.4 Å². The summed E-state index contributed by atoms with van der Waals surface area (Å²) in [5.74, 6) is 0. The van der Waals surface area contributed by atoms with Gasteiger partial charge in [0.25, 0.3) is 0 Å². The van der Waals surface area contributed by atoms with Crippen molar-refractivity contribution in [2.24, 2.45) is 10.2 Å². The summed E-state index contributed by atoms with van der Waals surface area (Å²) in [7, 11) is -9.06. The van der Waals surface area contributed by atoms with E-state index < -0.39 is 20.8 Å².